The molecule has 0 bridgehead atoms. The Morgan fingerprint density at radius 3 is 2.61 bits per heavy atom. The molecule has 1 rings (SSSR count). The number of nitrogens with zero attached hydrogens (tertiary/aromatic N) is 1. The van der Waals surface area contributed by atoms with Gasteiger partial charge in [-0.05, 0) is 18.9 Å². The molecule has 3 nitrogen and oxygen atoms in total. The summed E-state index contributed by atoms with van der Waals surface area (Å²) in [5.41, 5.74) is 1.98. The summed E-state index contributed by atoms with van der Waals surface area (Å²) in [6.07, 6.45) is 0.906. The highest BCUT2D eigenvalue weighted by molar-refractivity contribution is 6.28. The molecule has 98 valence electrons. The number of hydrogen-bond acceptors (Lipinski definition) is 3. The monoisotopic (exact) mass is 267 g/mol. The van der Waals surface area contributed by atoms with Crippen LogP contribution in [0.5, 0.6) is 0 Å². The van der Waals surface area contributed by atoms with E-state index >= 15 is 0 Å². The van der Waals surface area contributed by atoms with Crippen LogP contribution in [0, 0.1) is 0 Å². The number of alkyl halides is 1. The Labute approximate surface area is 113 Å². The zero-order valence-electron chi connectivity index (χ0n) is 10.6. The topological polar surface area (TPSA) is 38.7 Å². The molecule has 4 heteroatoms. The minimum absolute atomic E-state index is 0.199. The summed E-state index contributed by atoms with van der Waals surface area (Å²) >= 11 is 5.81. The Balaban J connectivity index is 2.43. The first-order chi connectivity index (χ1) is 8.76. The van der Waals surface area contributed by atoms with Crippen LogP contribution in [0.3, 0.4) is 0 Å². The van der Waals surface area contributed by atoms with E-state index in [1.165, 1.54) is 0 Å². The predicted molar refractivity (Wildman–Crippen MR) is 74.2 cm³/mol. The highest BCUT2D eigenvalue weighted by Gasteiger charge is 2.05. The van der Waals surface area contributed by atoms with Crippen LogP contribution in [0.4, 0.5) is 0 Å². The lowest BCUT2D eigenvalue weighted by atomic mass is 10.2. The molecule has 0 saturated heterocycles. The van der Waals surface area contributed by atoms with Crippen molar-refractivity contribution in [2.24, 2.45) is 4.99 Å². The molecule has 1 aromatic carbocycles. The number of aliphatic imine (C=N–C) groups is 1. The van der Waals surface area contributed by atoms with Gasteiger partial charge in [-0.25, -0.2) is 0 Å². The summed E-state index contributed by atoms with van der Waals surface area (Å²) in [5, 5.41) is 0. The molecule has 0 heterocycles. The predicted octanol–water partition coefficient (Wildman–Crippen LogP) is 3.21. The van der Waals surface area contributed by atoms with Gasteiger partial charge < -0.3 is 4.74 Å². The molecule has 0 spiro atoms. The fourth-order valence-corrected chi connectivity index (χ4v) is 1.67. The summed E-state index contributed by atoms with van der Waals surface area (Å²) < 4.78 is 4.86. The number of carbonyl (C=O) groups is 1. The standard InChI is InChI=1S/C14H18ClNO2/c1-2-18-14(17)9-8-13(10-15)16-11-12-6-4-3-5-7-12/h3-7H,2,8-11H2,1H3. The molecule has 0 saturated carbocycles. The van der Waals surface area contributed by atoms with E-state index < -0.39 is 0 Å². The number of hydrogen-bond donors (Lipinski definition) is 0. The molecular formula is C14H18ClNO2. The minimum Gasteiger partial charge on any atom is -0.466 e. The number of carbonyl (C=O) groups excluding carboxylic acids is 1. The SMILES string of the molecule is CCOC(=O)CCC(CCl)=NCc1ccccc1. The Hall–Kier alpha value is -1.35. The Morgan fingerprint density at radius 1 is 1.28 bits per heavy atom. The van der Waals surface area contributed by atoms with Gasteiger partial charge in [-0.2, -0.15) is 0 Å². The van der Waals surface area contributed by atoms with E-state index in [1.54, 1.807) is 6.92 Å². The zero-order chi connectivity index (χ0) is 13.2. The number of halogens is 1. The van der Waals surface area contributed by atoms with E-state index in [0.29, 0.717) is 31.9 Å². The second-order valence-corrected chi connectivity index (χ2v) is 4.07. The fourth-order valence-electron chi connectivity index (χ4n) is 1.45. The van der Waals surface area contributed by atoms with Crippen LogP contribution in [0.15, 0.2) is 35.3 Å². The first kappa shape index (κ1) is 14.7. The second-order valence-electron chi connectivity index (χ2n) is 3.81. The molecule has 0 aliphatic heterocycles. The van der Waals surface area contributed by atoms with Gasteiger partial charge in [0.2, 0.25) is 0 Å². The van der Waals surface area contributed by atoms with E-state index in [-0.39, 0.29) is 5.97 Å². The van der Waals surface area contributed by atoms with Gasteiger partial charge in [0, 0.05) is 5.71 Å². The van der Waals surface area contributed by atoms with Gasteiger partial charge in [-0.15, -0.1) is 11.6 Å². The third-order valence-electron chi connectivity index (χ3n) is 2.41. The van der Waals surface area contributed by atoms with E-state index in [1.807, 2.05) is 30.3 Å². The molecule has 1 aromatic rings. The van der Waals surface area contributed by atoms with E-state index in [9.17, 15) is 4.79 Å². The molecular weight excluding hydrogens is 250 g/mol. The smallest absolute Gasteiger partial charge is 0.306 e. The summed E-state index contributed by atoms with van der Waals surface area (Å²) in [6.45, 7) is 2.81. The normalized spacial score (nSPS) is 11.3. The van der Waals surface area contributed by atoms with Crippen molar-refractivity contribution >= 4 is 23.3 Å². The van der Waals surface area contributed by atoms with E-state index in [4.69, 9.17) is 16.3 Å². The van der Waals surface area contributed by atoms with Crippen LogP contribution >= 0.6 is 11.6 Å². The molecule has 18 heavy (non-hydrogen) atoms. The van der Waals surface area contributed by atoms with Crippen LogP contribution in [0.1, 0.15) is 25.3 Å². The largest absolute Gasteiger partial charge is 0.466 e. The van der Waals surface area contributed by atoms with Crippen LogP contribution < -0.4 is 0 Å². The lowest BCUT2D eigenvalue weighted by Crippen LogP contribution is -2.09. The van der Waals surface area contributed by atoms with Crippen molar-refractivity contribution in [2.75, 3.05) is 12.5 Å². The van der Waals surface area contributed by atoms with Crippen LogP contribution in [0.25, 0.3) is 0 Å². The van der Waals surface area contributed by atoms with Crippen molar-refractivity contribution in [1.29, 1.82) is 0 Å². The van der Waals surface area contributed by atoms with E-state index in [2.05, 4.69) is 4.99 Å². The third-order valence-corrected chi connectivity index (χ3v) is 2.71. The molecule has 0 unspecified atom stereocenters. The maximum Gasteiger partial charge on any atom is 0.306 e. The highest BCUT2D eigenvalue weighted by atomic mass is 35.5. The van der Waals surface area contributed by atoms with Crippen LogP contribution in [-0.2, 0) is 16.1 Å². The van der Waals surface area contributed by atoms with Gasteiger partial charge in [0.25, 0.3) is 0 Å². The molecule has 0 radical (unpaired) electrons. The van der Waals surface area contributed by atoms with Crippen molar-refractivity contribution in [3.05, 3.63) is 35.9 Å². The number of rotatable bonds is 7. The maximum atomic E-state index is 11.2. The lowest BCUT2D eigenvalue weighted by Gasteiger charge is -2.04. The molecule has 0 aliphatic carbocycles. The number of benzene rings is 1. The molecule has 0 amide bonds. The van der Waals surface area contributed by atoms with Crippen molar-refractivity contribution in [1.82, 2.24) is 0 Å². The summed E-state index contributed by atoms with van der Waals surface area (Å²) in [6, 6.07) is 9.95. The lowest BCUT2D eigenvalue weighted by molar-refractivity contribution is -0.142. The quantitative estimate of drug-likeness (QED) is 0.432. The average molecular weight is 268 g/mol. The Kier molecular flexibility index (Phi) is 7.11. The summed E-state index contributed by atoms with van der Waals surface area (Å²) in [5.74, 6) is 0.154. The fraction of sp³-hybridized carbons (Fsp3) is 0.429. The maximum absolute atomic E-state index is 11.2. The average Bonchev–Trinajstić information content (AvgIpc) is 2.40. The van der Waals surface area contributed by atoms with Crippen molar-refractivity contribution < 1.29 is 9.53 Å². The Bertz CT molecular complexity index is 390. The number of ether oxygens (including phenoxy) is 1. The first-order valence-electron chi connectivity index (χ1n) is 6.04. The van der Waals surface area contributed by atoms with Crippen molar-refractivity contribution in [3.63, 3.8) is 0 Å². The zero-order valence-corrected chi connectivity index (χ0v) is 11.3. The minimum atomic E-state index is -0.199. The Morgan fingerprint density at radius 2 is 2.00 bits per heavy atom. The third kappa shape index (κ3) is 5.82. The first-order valence-corrected chi connectivity index (χ1v) is 6.57. The van der Waals surface area contributed by atoms with Crippen LogP contribution in [-0.4, -0.2) is 24.2 Å². The highest BCUT2D eigenvalue weighted by Crippen LogP contribution is 2.04. The van der Waals surface area contributed by atoms with Gasteiger partial charge in [-0.3, -0.25) is 9.79 Å². The number of esters is 1. The van der Waals surface area contributed by atoms with Crippen molar-refractivity contribution in [2.45, 2.75) is 26.3 Å². The van der Waals surface area contributed by atoms with Gasteiger partial charge in [0.15, 0.2) is 0 Å². The van der Waals surface area contributed by atoms with Gasteiger partial charge in [-0.1, -0.05) is 30.3 Å². The van der Waals surface area contributed by atoms with Crippen LogP contribution in [0.2, 0.25) is 0 Å². The summed E-state index contributed by atoms with van der Waals surface area (Å²) in [7, 11) is 0. The summed E-state index contributed by atoms with van der Waals surface area (Å²) in [4.78, 5) is 15.6. The van der Waals surface area contributed by atoms with Crippen molar-refractivity contribution in [3.8, 4) is 0 Å². The molecule has 0 atom stereocenters. The molecule has 0 N–H and O–H groups in total. The second kappa shape index (κ2) is 8.70. The van der Waals surface area contributed by atoms with Gasteiger partial charge in [0.1, 0.15) is 0 Å². The van der Waals surface area contributed by atoms with Gasteiger partial charge >= 0.3 is 5.97 Å². The molecule has 0 aromatic heterocycles. The molecule has 0 fully saturated rings. The molecule has 0 aliphatic rings. The van der Waals surface area contributed by atoms with E-state index in [0.717, 1.165) is 11.3 Å². The van der Waals surface area contributed by atoms with Gasteiger partial charge in [0.05, 0.1) is 25.5 Å².